The van der Waals surface area contributed by atoms with Gasteiger partial charge in [0.05, 0.1) is 0 Å². The molecule has 2 aromatic carbocycles. The van der Waals surface area contributed by atoms with E-state index in [2.05, 4.69) is 36.4 Å². The summed E-state index contributed by atoms with van der Waals surface area (Å²) in [5, 5.41) is 0.705. The Morgan fingerprint density at radius 1 is 1.00 bits per heavy atom. The summed E-state index contributed by atoms with van der Waals surface area (Å²) >= 11 is 7.49. The summed E-state index contributed by atoms with van der Waals surface area (Å²) in [6, 6.07) is 15.7. The summed E-state index contributed by atoms with van der Waals surface area (Å²) in [6.07, 6.45) is 0.964. The van der Waals surface area contributed by atoms with E-state index in [1.165, 1.54) is 22.3 Å². The van der Waals surface area contributed by atoms with Gasteiger partial charge in [-0.3, -0.25) is 0 Å². The van der Waals surface area contributed by atoms with Crippen LogP contribution in [0.3, 0.4) is 0 Å². The second-order valence-corrected chi connectivity index (χ2v) is 6.19. The zero-order chi connectivity index (χ0) is 16.0. The molecule has 2 aromatic rings. The summed E-state index contributed by atoms with van der Waals surface area (Å²) < 4.78 is 0. The first-order valence-electron chi connectivity index (χ1n) is 6.74. The number of fused-ring (bicyclic) bond motifs is 3. The summed E-state index contributed by atoms with van der Waals surface area (Å²) in [4.78, 5) is 0. The van der Waals surface area contributed by atoms with Crippen LogP contribution in [0, 0.1) is 20.9 Å². The van der Waals surface area contributed by atoms with Gasteiger partial charge < -0.3 is 20.6 Å². The predicted molar refractivity (Wildman–Crippen MR) is 118 cm³/mol. The minimum absolute atomic E-state index is 0. The molecule has 0 fully saturated rings. The molecule has 0 bridgehead atoms. The monoisotopic (exact) mass is 493 g/mol. The molecule has 0 amide bonds. The Morgan fingerprint density at radius 2 is 1.48 bits per heavy atom. The molecule has 142 valence electrons. The molecule has 0 spiro atoms. The van der Waals surface area contributed by atoms with Crippen LogP contribution in [0.1, 0.15) is 31.9 Å². The van der Waals surface area contributed by atoms with Crippen LogP contribution in [0.15, 0.2) is 36.4 Å². The van der Waals surface area contributed by atoms with Crippen LogP contribution in [0.5, 0.6) is 0 Å². The van der Waals surface area contributed by atoms with Crippen molar-refractivity contribution in [1.29, 1.82) is 0 Å². The molecule has 0 unspecified atom stereocenters. The maximum absolute atomic E-state index is 6.94. The van der Waals surface area contributed by atoms with Gasteiger partial charge in [0.1, 0.15) is 0 Å². The van der Waals surface area contributed by atoms with E-state index in [-0.39, 0.29) is 45.2 Å². The molecule has 1 N–H and O–H groups in total. The van der Waals surface area contributed by atoms with Crippen molar-refractivity contribution in [2.75, 3.05) is 0 Å². The van der Waals surface area contributed by atoms with Crippen LogP contribution in [-0.4, -0.2) is 12.4 Å². The van der Waals surface area contributed by atoms with E-state index in [1.807, 2.05) is 33.7 Å². The van der Waals surface area contributed by atoms with Gasteiger partial charge in [0.25, 0.3) is 0 Å². The zero-order valence-corrected chi connectivity index (χ0v) is 21.8. The van der Waals surface area contributed by atoms with Crippen molar-refractivity contribution in [2.24, 2.45) is 0 Å². The summed E-state index contributed by atoms with van der Waals surface area (Å²) in [5.74, 6) is 0. The van der Waals surface area contributed by atoms with Crippen LogP contribution < -0.4 is 0 Å². The predicted octanol–water partition coefficient (Wildman–Crippen LogP) is 6.37. The number of halogens is 3. The van der Waals surface area contributed by atoms with Crippen LogP contribution in [0.25, 0.3) is 16.9 Å². The number of hydrogen-bond donors (Lipinski definition) is 0. The fraction of sp³-hybridized carbons (Fsp3) is 0.263. The maximum atomic E-state index is 6.94. The first-order valence-corrected chi connectivity index (χ1v) is 13.0. The third-order valence-corrected chi connectivity index (χ3v) is 2.89. The zero-order valence-electron chi connectivity index (χ0n) is 15.6. The van der Waals surface area contributed by atoms with E-state index in [4.69, 9.17) is 17.3 Å². The van der Waals surface area contributed by atoms with Gasteiger partial charge in [-0.15, -0.1) is 53.1 Å². The van der Waals surface area contributed by atoms with Gasteiger partial charge in [-0.1, -0.05) is 61.2 Å². The number of benzene rings is 2. The van der Waals surface area contributed by atoms with Gasteiger partial charge in [-0.25, -0.2) is 0 Å². The molecule has 0 atom stereocenters. The SMILES string of the molecule is CC(C)(C)[NH-].Cl.Cl.Clc1[c-]c2c(cc1)-c1ccccc1C2.[CH3-].[CH3-].[SiH2]=[Zr]. The van der Waals surface area contributed by atoms with Gasteiger partial charge >= 0.3 is 30.2 Å². The van der Waals surface area contributed by atoms with E-state index < -0.39 is 0 Å². The molecule has 1 nitrogen and oxygen atoms in total. The Balaban J connectivity index is -0.000000178. The molecular formula is C19H28Cl3NSiZr-4. The molecule has 6 heteroatoms. The van der Waals surface area contributed by atoms with Crippen LogP contribution in [0.4, 0.5) is 0 Å². The number of nitrogens with one attached hydrogen (secondary N) is 1. The fourth-order valence-corrected chi connectivity index (χ4v) is 2.21. The topological polar surface area (TPSA) is 23.8 Å². The number of rotatable bonds is 0. The Kier molecular flexibility index (Phi) is 20.4. The van der Waals surface area contributed by atoms with Crippen LogP contribution in [0.2, 0.25) is 5.02 Å². The standard InChI is InChI=1S/C13H8Cl.C4H10N.2CH3.2ClH.H2Si.Zr/c14-11-5-6-13-10(8-11)7-9-3-1-2-4-12(9)13;1-4(2,3)5;;;;;;/h1-6H,7H2;5H,1-3H3;2*1H3;2*1H;1H2;/q4*-1;;;;. The first-order chi connectivity index (χ1) is 9.84. The first kappa shape index (κ1) is 33.0. The summed E-state index contributed by atoms with van der Waals surface area (Å²) in [7, 11) is 0. The van der Waals surface area contributed by atoms with Crippen molar-refractivity contribution in [3.8, 4) is 11.1 Å². The molecule has 3 rings (SSSR count). The fourth-order valence-electron chi connectivity index (χ4n) is 2.03. The van der Waals surface area contributed by atoms with E-state index >= 15 is 0 Å². The molecule has 0 saturated heterocycles. The molecule has 1 aliphatic carbocycles. The van der Waals surface area contributed by atoms with Gasteiger partial charge in [0.2, 0.25) is 0 Å². The summed E-state index contributed by atoms with van der Waals surface area (Å²) in [5.41, 5.74) is 11.9. The third kappa shape index (κ3) is 11.6. The Bertz CT molecular complexity index is 610. The van der Waals surface area contributed by atoms with Gasteiger partial charge in [-0.05, 0) is 6.42 Å². The van der Waals surface area contributed by atoms with Crippen molar-refractivity contribution >= 4 is 43.3 Å². The Labute approximate surface area is 188 Å². The minimum atomic E-state index is -0.250. The number of hydrogen-bond acceptors (Lipinski definition) is 0. The molecule has 0 heterocycles. The quantitative estimate of drug-likeness (QED) is 0.255. The van der Waals surface area contributed by atoms with Crippen molar-refractivity contribution in [2.45, 2.75) is 32.7 Å². The molecule has 0 aliphatic heterocycles. The second-order valence-electron chi connectivity index (χ2n) is 5.78. The van der Waals surface area contributed by atoms with Gasteiger partial charge in [0.15, 0.2) is 0 Å². The van der Waals surface area contributed by atoms with Gasteiger partial charge in [-0.2, -0.15) is 18.2 Å². The van der Waals surface area contributed by atoms with Crippen molar-refractivity contribution in [1.82, 2.24) is 0 Å². The molecule has 25 heavy (non-hydrogen) atoms. The third-order valence-electron chi connectivity index (χ3n) is 2.67. The molecule has 0 radical (unpaired) electrons. The van der Waals surface area contributed by atoms with E-state index in [0.29, 0.717) is 5.02 Å². The molecule has 1 aliphatic rings. The average molecular weight is 496 g/mol. The molecule has 0 saturated carbocycles. The van der Waals surface area contributed by atoms with E-state index in [9.17, 15) is 0 Å². The van der Waals surface area contributed by atoms with Crippen LogP contribution >= 0.6 is 36.4 Å². The second kappa shape index (κ2) is 15.4. The van der Waals surface area contributed by atoms with Crippen molar-refractivity contribution < 1.29 is 23.3 Å². The Hall–Kier alpha value is 0.370. The Morgan fingerprint density at radius 3 is 2.00 bits per heavy atom. The average Bonchev–Trinajstić information content (AvgIpc) is 2.76. The normalized spacial score (nSPS) is 9.44. The van der Waals surface area contributed by atoms with Crippen molar-refractivity contribution in [3.05, 3.63) is 79.2 Å². The summed E-state index contributed by atoms with van der Waals surface area (Å²) in [6.45, 7) is 7.51. The van der Waals surface area contributed by atoms with Gasteiger partial charge in [0, 0.05) is 0 Å². The molecular weight excluding hydrogens is 468 g/mol. The van der Waals surface area contributed by atoms with E-state index in [1.54, 1.807) is 23.3 Å². The van der Waals surface area contributed by atoms with Crippen LogP contribution in [-0.2, 0) is 29.8 Å². The van der Waals surface area contributed by atoms with E-state index in [0.717, 1.165) is 6.42 Å². The van der Waals surface area contributed by atoms with Crippen molar-refractivity contribution in [3.63, 3.8) is 0 Å². The molecule has 0 aromatic heterocycles.